The van der Waals surface area contributed by atoms with Crippen LogP contribution in [0.1, 0.15) is 12.7 Å². The first-order valence-corrected chi connectivity index (χ1v) is 9.44. The van der Waals surface area contributed by atoms with Crippen LogP contribution in [-0.4, -0.2) is 47.2 Å². The first kappa shape index (κ1) is 18.4. The van der Waals surface area contributed by atoms with Crippen LogP contribution in [0.4, 0.5) is 0 Å². The Balaban J connectivity index is 1.44. The fourth-order valence-corrected chi connectivity index (χ4v) is 3.27. The summed E-state index contributed by atoms with van der Waals surface area (Å²) in [5.74, 6) is 3.72. The zero-order chi connectivity index (χ0) is 19.5. The van der Waals surface area contributed by atoms with E-state index in [-0.39, 0.29) is 6.61 Å². The second kappa shape index (κ2) is 7.98. The summed E-state index contributed by atoms with van der Waals surface area (Å²) in [5.41, 5.74) is 1.73. The molecule has 148 valence electrons. The fraction of sp³-hybridized carbons (Fsp3) is 0.381. The maximum atomic E-state index is 10.5. The van der Waals surface area contributed by atoms with Gasteiger partial charge >= 0.3 is 0 Å². The highest BCUT2D eigenvalue weighted by Gasteiger charge is 2.18. The molecule has 4 rings (SSSR count). The lowest BCUT2D eigenvalue weighted by Crippen LogP contribution is -2.24. The van der Waals surface area contributed by atoms with Gasteiger partial charge in [0, 0.05) is 12.1 Å². The summed E-state index contributed by atoms with van der Waals surface area (Å²) in [6.45, 7) is 6.11. The Morgan fingerprint density at radius 1 is 1.07 bits per heavy atom. The predicted octanol–water partition coefficient (Wildman–Crippen LogP) is 2.95. The van der Waals surface area contributed by atoms with Gasteiger partial charge in [-0.2, -0.15) is 0 Å². The van der Waals surface area contributed by atoms with Crippen LogP contribution < -0.4 is 18.9 Å². The molecule has 1 aliphatic heterocycles. The number of nitrogens with zero attached hydrogens (tertiary/aromatic N) is 2. The minimum atomic E-state index is -0.684. The number of benzene rings is 2. The van der Waals surface area contributed by atoms with E-state index in [1.165, 1.54) is 0 Å². The average molecular weight is 384 g/mol. The lowest BCUT2D eigenvalue weighted by molar-refractivity contribution is 0.0929. The van der Waals surface area contributed by atoms with E-state index in [0.29, 0.717) is 43.6 Å². The molecular formula is C21H24N2O5. The largest absolute Gasteiger partial charge is 0.494 e. The van der Waals surface area contributed by atoms with Crippen molar-refractivity contribution >= 4 is 11.0 Å². The third-order valence-corrected chi connectivity index (χ3v) is 4.57. The SMILES string of the molecule is CCOc1ccc(OCC(O)Cn2c(C)nc3cc4c(cc32)OCCO4)cc1. The topological polar surface area (TPSA) is 75.0 Å². The maximum Gasteiger partial charge on any atom is 0.163 e. The van der Waals surface area contributed by atoms with Gasteiger partial charge in [0.15, 0.2) is 11.5 Å². The van der Waals surface area contributed by atoms with Gasteiger partial charge in [-0.1, -0.05) is 0 Å². The Hall–Kier alpha value is -2.93. The highest BCUT2D eigenvalue weighted by Crippen LogP contribution is 2.34. The Bertz CT molecular complexity index is 952. The van der Waals surface area contributed by atoms with Gasteiger partial charge in [-0.05, 0) is 38.1 Å². The van der Waals surface area contributed by atoms with Crippen LogP contribution >= 0.6 is 0 Å². The zero-order valence-corrected chi connectivity index (χ0v) is 16.1. The summed E-state index contributed by atoms with van der Waals surface area (Å²) < 4.78 is 24.4. The molecular weight excluding hydrogens is 360 g/mol. The number of hydrogen-bond donors (Lipinski definition) is 1. The van der Waals surface area contributed by atoms with Crippen LogP contribution in [0.5, 0.6) is 23.0 Å². The summed E-state index contributed by atoms with van der Waals surface area (Å²) in [5, 5.41) is 10.5. The highest BCUT2D eigenvalue weighted by molar-refractivity contribution is 5.80. The number of aliphatic hydroxyl groups is 1. The Kier molecular flexibility index (Phi) is 5.25. The van der Waals surface area contributed by atoms with Gasteiger partial charge in [-0.15, -0.1) is 0 Å². The lowest BCUT2D eigenvalue weighted by Gasteiger charge is -2.19. The van der Waals surface area contributed by atoms with Gasteiger partial charge in [0.1, 0.15) is 43.2 Å². The number of fused-ring (bicyclic) bond motifs is 2. The maximum absolute atomic E-state index is 10.5. The summed E-state index contributed by atoms with van der Waals surface area (Å²) in [4.78, 5) is 4.58. The number of aryl methyl sites for hydroxylation is 1. The molecule has 1 aliphatic rings. The first-order chi connectivity index (χ1) is 13.6. The molecule has 2 aromatic carbocycles. The number of aromatic nitrogens is 2. The van der Waals surface area contributed by atoms with Crippen molar-refractivity contribution in [2.45, 2.75) is 26.5 Å². The zero-order valence-electron chi connectivity index (χ0n) is 16.1. The van der Waals surface area contributed by atoms with E-state index in [0.717, 1.165) is 22.6 Å². The van der Waals surface area contributed by atoms with Gasteiger partial charge in [-0.3, -0.25) is 0 Å². The summed E-state index contributed by atoms with van der Waals surface area (Å²) in [7, 11) is 0. The number of aliphatic hydroxyl groups excluding tert-OH is 1. The molecule has 0 amide bonds. The Labute approximate surface area is 163 Å². The second-order valence-electron chi connectivity index (χ2n) is 6.62. The molecule has 0 saturated carbocycles. The van der Waals surface area contributed by atoms with Gasteiger partial charge in [-0.25, -0.2) is 4.98 Å². The molecule has 2 heterocycles. The molecule has 0 radical (unpaired) electrons. The van der Waals surface area contributed by atoms with Crippen molar-refractivity contribution in [3.63, 3.8) is 0 Å². The Morgan fingerprint density at radius 3 is 2.39 bits per heavy atom. The standard InChI is InChI=1S/C21H24N2O5/c1-3-25-16-4-6-17(7-5-16)28-13-15(24)12-23-14(2)22-18-10-20-21(11-19(18)23)27-9-8-26-20/h4-7,10-11,15,24H,3,8-9,12-13H2,1-2H3. The van der Waals surface area contributed by atoms with Crippen molar-refractivity contribution < 1.29 is 24.1 Å². The van der Waals surface area contributed by atoms with Crippen LogP contribution in [-0.2, 0) is 6.54 Å². The van der Waals surface area contributed by atoms with Crippen molar-refractivity contribution in [3.8, 4) is 23.0 Å². The van der Waals surface area contributed by atoms with Crippen LogP contribution in [0.25, 0.3) is 11.0 Å². The van der Waals surface area contributed by atoms with Gasteiger partial charge in [0.25, 0.3) is 0 Å². The molecule has 0 spiro atoms. The van der Waals surface area contributed by atoms with Crippen LogP contribution in [0.3, 0.4) is 0 Å². The van der Waals surface area contributed by atoms with Crippen LogP contribution in [0.2, 0.25) is 0 Å². The quantitative estimate of drug-likeness (QED) is 0.675. The van der Waals surface area contributed by atoms with Crippen LogP contribution in [0.15, 0.2) is 36.4 Å². The van der Waals surface area contributed by atoms with Crippen molar-refractivity contribution in [2.24, 2.45) is 0 Å². The number of hydrogen-bond acceptors (Lipinski definition) is 6. The smallest absolute Gasteiger partial charge is 0.163 e. The second-order valence-corrected chi connectivity index (χ2v) is 6.62. The molecule has 0 fully saturated rings. The average Bonchev–Trinajstić information content (AvgIpc) is 3.00. The molecule has 3 aromatic rings. The molecule has 1 aromatic heterocycles. The first-order valence-electron chi connectivity index (χ1n) is 9.44. The third kappa shape index (κ3) is 3.84. The molecule has 7 nitrogen and oxygen atoms in total. The van der Waals surface area contributed by atoms with E-state index in [1.807, 2.05) is 54.8 Å². The third-order valence-electron chi connectivity index (χ3n) is 4.57. The number of ether oxygens (including phenoxy) is 4. The van der Waals surface area contributed by atoms with E-state index in [1.54, 1.807) is 0 Å². The lowest BCUT2D eigenvalue weighted by atomic mass is 10.2. The van der Waals surface area contributed by atoms with Gasteiger partial charge < -0.3 is 28.6 Å². The van der Waals surface area contributed by atoms with Crippen LogP contribution in [0, 0.1) is 6.92 Å². The minimum absolute atomic E-state index is 0.178. The summed E-state index contributed by atoms with van der Waals surface area (Å²) >= 11 is 0. The molecule has 1 unspecified atom stereocenters. The van der Waals surface area contributed by atoms with Crippen molar-refractivity contribution in [2.75, 3.05) is 26.4 Å². The molecule has 0 saturated heterocycles. The van der Waals surface area contributed by atoms with E-state index in [9.17, 15) is 5.11 Å². The fourth-order valence-electron chi connectivity index (χ4n) is 3.27. The normalized spacial score (nSPS) is 14.1. The molecule has 1 atom stereocenters. The molecule has 7 heteroatoms. The van der Waals surface area contributed by atoms with Gasteiger partial charge in [0.2, 0.25) is 0 Å². The van der Waals surface area contributed by atoms with Gasteiger partial charge in [0.05, 0.1) is 24.2 Å². The highest BCUT2D eigenvalue weighted by atomic mass is 16.6. The van der Waals surface area contributed by atoms with E-state index < -0.39 is 6.10 Å². The predicted molar refractivity (Wildman–Crippen MR) is 105 cm³/mol. The monoisotopic (exact) mass is 384 g/mol. The number of rotatable bonds is 7. The van der Waals surface area contributed by atoms with E-state index >= 15 is 0 Å². The molecule has 0 aliphatic carbocycles. The van der Waals surface area contributed by atoms with E-state index in [2.05, 4.69) is 4.98 Å². The summed E-state index contributed by atoms with van der Waals surface area (Å²) in [6, 6.07) is 11.2. The summed E-state index contributed by atoms with van der Waals surface area (Å²) in [6.07, 6.45) is -0.684. The van der Waals surface area contributed by atoms with Crippen molar-refractivity contribution in [1.82, 2.24) is 9.55 Å². The van der Waals surface area contributed by atoms with Crippen molar-refractivity contribution in [3.05, 3.63) is 42.2 Å². The number of imidazole rings is 1. The molecule has 1 N–H and O–H groups in total. The molecule has 28 heavy (non-hydrogen) atoms. The molecule has 0 bridgehead atoms. The van der Waals surface area contributed by atoms with E-state index in [4.69, 9.17) is 18.9 Å². The van der Waals surface area contributed by atoms with Crippen molar-refractivity contribution in [1.29, 1.82) is 0 Å². The minimum Gasteiger partial charge on any atom is -0.494 e. The Morgan fingerprint density at radius 2 is 1.71 bits per heavy atom.